The van der Waals surface area contributed by atoms with E-state index in [2.05, 4.69) is 10.1 Å². The highest BCUT2D eigenvalue weighted by Gasteiger charge is 2.27. The molecular formula is C15H22F2N2O. The number of hydrogen-bond donors (Lipinski definition) is 2. The van der Waals surface area contributed by atoms with Gasteiger partial charge in [-0.25, -0.2) is 0 Å². The van der Waals surface area contributed by atoms with Crippen LogP contribution in [0.4, 0.5) is 8.78 Å². The molecule has 20 heavy (non-hydrogen) atoms. The van der Waals surface area contributed by atoms with E-state index in [4.69, 9.17) is 5.73 Å². The summed E-state index contributed by atoms with van der Waals surface area (Å²) in [7, 11) is 0. The van der Waals surface area contributed by atoms with Crippen LogP contribution in [-0.4, -0.2) is 19.2 Å². The highest BCUT2D eigenvalue weighted by atomic mass is 19.3. The first-order valence-corrected chi connectivity index (χ1v) is 7.11. The number of hydrogen-bond acceptors (Lipinski definition) is 3. The number of rotatable bonds is 6. The minimum absolute atomic E-state index is 0.0911. The van der Waals surface area contributed by atoms with Crippen molar-refractivity contribution < 1.29 is 13.5 Å². The molecule has 0 spiro atoms. The summed E-state index contributed by atoms with van der Waals surface area (Å²) in [6.45, 7) is -0.0586. The fourth-order valence-electron chi connectivity index (χ4n) is 2.92. The van der Waals surface area contributed by atoms with Crippen molar-refractivity contribution in [2.75, 3.05) is 6.54 Å². The van der Waals surface area contributed by atoms with Crippen LogP contribution in [0.2, 0.25) is 0 Å². The zero-order valence-electron chi connectivity index (χ0n) is 11.7. The Morgan fingerprint density at radius 3 is 2.90 bits per heavy atom. The second kappa shape index (κ2) is 6.99. The molecule has 1 aliphatic rings. The maximum Gasteiger partial charge on any atom is 0.387 e. The van der Waals surface area contributed by atoms with Crippen molar-refractivity contribution in [2.24, 2.45) is 11.7 Å². The third kappa shape index (κ3) is 3.90. The van der Waals surface area contributed by atoms with Crippen LogP contribution in [0.15, 0.2) is 24.3 Å². The van der Waals surface area contributed by atoms with Crippen LogP contribution in [0.1, 0.15) is 37.8 Å². The number of ether oxygens (including phenoxy) is 1. The lowest BCUT2D eigenvalue weighted by molar-refractivity contribution is -0.0499. The molecule has 3 atom stereocenters. The summed E-state index contributed by atoms with van der Waals surface area (Å²) >= 11 is 0. The van der Waals surface area contributed by atoms with E-state index in [1.54, 1.807) is 18.2 Å². The lowest BCUT2D eigenvalue weighted by atomic mass is 10.0. The molecule has 1 aromatic carbocycles. The van der Waals surface area contributed by atoms with Gasteiger partial charge in [-0.15, -0.1) is 0 Å². The average molecular weight is 284 g/mol. The highest BCUT2D eigenvalue weighted by Crippen LogP contribution is 2.28. The van der Waals surface area contributed by atoms with Crippen LogP contribution in [0.25, 0.3) is 0 Å². The zero-order valence-corrected chi connectivity index (χ0v) is 11.7. The maximum absolute atomic E-state index is 12.2. The summed E-state index contributed by atoms with van der Waals surface area (Å²) in [6, 6.07) is 7.36. The van der Waals surface area contributed by atoms with Gasteiger partial charge in [-0.1, -0.05) is 18.6 Å². The number of benzene rings is 1. The van der Waals surface area contributed by atoms with Crippen molar-refractivity contribution in [3.63, 3.8) is 0 Å². The van der Waals surface area contributed by atoms with E-state index in [0.29, 0.717) is 18.5 Å². The van der Waals surface area contributed by atoms with Gasteiger partial charge < -0.3 is 15.8 Å². The molecule has 1 aliphatic carbocycles. The zero-order chi connectivity index (χ0) is 14.5. The van der Waals surface area contributed by atoms with Gasteiger partial charge in [0.05, 0.1) is 0 Å². The summed E-state index contributed by atoms with van der Waals surface area (Å²) in [5, 5.41) is 3.55. The number of nitrogens with one attached hydrogen (secondary N) is 1. The van der Waals surface area contributed by atoms with Gasteiger partial charge in [0.1, 0.15) is 5.75 Å². The minimum Gasteiger partial charge on any atom is -0.435 e. The van der Waals surface area contributed by atoms with Crippen LogP contribution in [0.5, 0.6) is 5.75 Å². The van der Waals surface area contributed by atoms with Crippen molar-refractivity contribution in [1.82, 2.24) is 5.32 Å². The fraction of sp³-hybridized carbons (Fsp3) is 0.600. The van der Waals surface area contributed by atoms with Gasteiger partial charge in [0.2, 0.25) is 0 Å². The van der Waals surface area contributed by atoms with Gasteiger partial charge in [-0.05, 0) is 49.9 Å². The molecule has 3 N–H and O–H groups in total. The molecule has 0 bridgehead atoms. The molecule has 1 saturated carbocycles. The van der Waals surface area contributed by atoms with Crippen molar-refractivity contribution in [2.45, 2.75) is 44.9 Å². The Bertz CT molecular complexity index is 428. The van der Waals surface area contributed by atoms with E-state index in [-0.39, 0.29) is 11.8 Å². The van der Waals surface area contributed by atoms with Crippen LogP contribution < -0.4 is 15.8 Å². The van der Waals surface area contributed by atoms with Gasteiger partial charge in [-0.2, -0.15) is 8.78 Å². The molecule has 1 aromatic rings. The molecule has 0 amide bonds. The highest BCUT2D eigenvalue weighted by molar-refractivity contribution is 5.30. The molecule has 3 unspecified atom stereocenters. The molecule has 5 heteroatoms. The number of nitrogens with two attached hydrogens (primary N) is 1. The van der Waals surface area contributed by atoms with Crippen molar-refractivity contribution in [3.05, 3.63) is 29.8 Å². The van der Waals surface area contributed by atoms with Crippen LogP contribution in [0, 0.1) is 5.92 Å². The molecule has 0 radical (unpaired) electrons. The first kappa shape index (κ1) is 15.2. The molecular weight excluding hydrogens is 262 g/mol. The predicted octanol–water partition coefficient (Wildman–Crippen LogP) is 3.07. The van der Waals surface area contributed by atoms with Gasteiger partial charge in [0.25, 0.3) is 0 Å². The third-order valence-electron chi connectivity index (χ3n) is 4.01. The molecule has 0 heterocycles. The summed E-state index contributed by atoms with van der Waals surface area (Å²) in [5.41, 5.74) is 6.72. The first-order chi connectivity index (χ1) is 9.60. The standard InChI is InChI=1S/C15H22F2N2O/c1-10(19-14-7-3-5-12(14)9-18)11-4-2-6-13(8-11)20-15(16)17/h2,4,6,8,10,12,14-15,19H,3,5,7,9,18H2,1H3. The van der Waals surface area contributed by atoms with Crippen LogP contribution >= 0.6 is 0 Å². The molecule has 1 fully saturated rings. The summed E-state index contributed by atoms with van der Waals surface area (Å²) in [6.07, 6.45) is 3.48. The van der Waals surface area contributed by atoms with Gasteiger partial charge >= 0.3 is 6.61 Å². The van der Waals surface area contributed by atoms with Gasteiger partial charge in [-0.3, -0.25) is 0 Å². The van der Waals surface area contributed by atoms with Crippen LogP contribution in [0.3, 0.4) is 0 Å². The monoisotopic (exact) mass is 284 g/mol. The normalized spacial score (nSPS) is 24.1. The Morgan fingerprint density at radius 1 is 1.40 bits per heavy atom. The smallest absolute Gasteiger partial charge is 0.387 e. The lowest BCUT2D eigenvalue weighted by Crippen LogP contribution is -2.37. The Hall–Kier alpha value is -1.20. The topological polar surface area (TPSA) is 47.3 Å². The average Bonchev–Trinajstić information content (AvgIpc) is 2.85. The van der Waals surface area contributed by atoms with Crippen molar-refractivity contribution in [1.29, 1.82) is 0 Å². The Balaban J connectivity index is 1.99. The van der Waals surface area contributed by atoms with E-state index in [1.807, 2.05) is 13.0 Å². The quantitative estimate of drug-likeness (QED) is 0.844. The second-order valence-corrected chi connectivity index (χ2v) is 5.37. The number of alkyl halides is 2. The predicted molar refractivity (Wildman–Crippen MR) is 74.8 cm³/mol. The van der Waals surface area contributed by atoms with Gasteiger partial charge in [0.15, 0.2) is 0 Å². The molecule has 0 saturated heterocycles. The van der Waals surface area contributed by atoms with E-state index in [0.717, 1.165) is 18.4 Å². The lowest BCUT2D eigenvalue weighted by Gasteiger charge is -2.24. The molecule has 3 nitrogen and oxygen atoms in total. The minimum atomic E-state index is -2.79. The van der Waals surface area contributed by atoms with E-state index in [9.17, 15) is 8.78 Å². The largest absolute Gasteiger partial charge is 0.435 e. The Kier molecular flexibility index (Phi) is 5.31. The van der Waals surface area contributed by atoms with Crippen LogP contribution in [-0.2, 0) is 0 Å². The molecule has 2 rings (SSSR count). The molecule has 0 aromatic heterocycles. The second-order valence-electron chi connectivity index (χ2n) is 5.37. The third-order valence-corrected chi connectivity index (χ3v) is 4.01. The fourth-order valence-corrected chi connectivity index (χ4v) is 2.92. The first-order valence-electron chi connectivity index (χ1n) is 7.11. The van der Waals surface area contributed by atoms with E-state index < -0.39 is 6.61 Å². The number of halogens is 2. The van der Waals surface area contributed by atoms with E-state index >= 15 is 0 Å². The summed E-state index contributed by atoms with van der Waals surface area (Å²) in [4.78, 5) is 0. The van der Waals surface area contributed by atoms with Gasteiger partial charge in [0, 0.05) is 12.1 Å². The summed E-state index contributed by atoms with van der Waals surface area (Å²) < 4.78 is 28.9. The Labute approximate surface area is 118 Å². The maximum atomic E-state index is 12.2. The molecule has 0 aliphatic heterocycles. The Morgan fingerprint density at radius 2 is 2.20 bits per heavy atom. The SMILES string of the molecule is CC(NC1CCCC1CN)c1cccc(OC(F)F)c1. The molecule has 112 valence electrons. The summed E-state index contributed by atoms with van der Waals surface area (Å²) in [5.74, 6) is 0.714. The van der Waals surface area contributed by atoms with Crippen molar-refractivity contribution >= 4 is 0 Å². The van der Waals surface area contributed by atoms with Crippen molar-refractivity contribution in [3.8, 4) is 5.75 Å². The van der Waals surface area contributed by atoms with E-state index in [1.165, 1.54) is 6.42 Å².